The van der Waals surface area contributed by atoms with Gasteiger partial charge in [-0.15, -0.1) is 36.7 Å². The van der Waals surface area contributed by atoms with E-state index in [4.69, 9.17) is 0 Å². The molecule has 4 nitrogen and oxygen atoms in total. The molecule has 6 rings (SSSR count). The Morgan fingerprint density at radius 2 is 0.932 bits per heavy atom. The number of hydrogen-bond donors (Lipinski definition) is 0. The fourth-order valence-electron chi connectivity index (χ4n) is 6.57. The number of rotatable bonds is 14. The summed E-state index contributed by atoms with van der Waals surface area (Å²) in [6, 6.07) is 45.0. The summed E-state index contributed by atoms with van der Waals surface area (Å²) in [4.78, 5) is 3.95. The van der Waals surface area contributed by atoms with Crippen molar-refractivity contribution in [2.45, 2.75) is 32.1 Å². The molecule has 0 spiro atoms. The Kier molecular flexibility index (Phi) is 25.9. The van der Waals surface area contributed by atoms with Crippen molar-refractivity contribution < 1.29 is 140 Å². The molecule has 0 atom stereocenters. The van der Waals surface area contributed by atoms with Crippen molar-refractivity contribution in [3.63, 3.8) is 0 Å². The summed E-state index contributed by atoms with van der Waals surface area (Å²) >= 11 is 0. The number of hydrogen-bond acceptors (Lipinski definition) is 2. The van der Waals surface area contributed by atoms with Gasteiger partial charge in [0.1, 0.15) is 26.5 Å². The molecule has 2 aliphatic rings. The molecule has 4 aromatic rings. The van der Waals surface area contributed by atoms with Gasteiger partial charge in [-0.25, -0.2) is 24.3 Å². The third-order valence-electron chi connectivity index (χ3n) is 9.66. The molecule has 0 fully saturated rings. The van der Waals surface area contributed by atoms with Gasteiger partial charge < -0.3 is 19.0 Å². The van der Waals surface area contributed by atoms with E-state index in [-0.39, 0.29) is 131 Å². The Labute approximate surface area is 454 Å². The van der Waals surface area contributed by atoms with E-state index in [9.17, 15) is 0 Å². The van der Waals surface area contributed by atoms with Gasteiger partial charge in [-0.3, -0.25) is 0 Å². The van der Waals surface area contributed by atoms with E-state index < -0.39 is 0 Å². The average Bonchev–Trinajstić information content (AvgIpc) is 3.81. The van der Waals surface area contributed by atoms with E-state index in [2.05, 4.69) is 73.4 Å². The number of benzene rings is 4. The van der Waals surface area contributed by atoms with Crippen LogP contribution >= 0.6 is 0 Å². The summed E-state index contributed by atoms with van der Waals surface area (Å²) in [5.41, 5.74) is 11.9. The molecular weight excluding hydrogens is 1020 g/mol. The zero-order valence-corrected chi connectivity index (χ0v) is 45.8. The molecule has 0 saturated heterocycles. The van der Waals surface area contributed by atoms with Gasteiger partial charge >= 0.3 is 0 Å². The van der Waals surface area contributed by atoms with Crippen molar-refractivity contribution in [3.05, 3.63) is 216 Å². The number of para-hydroxylation sites is 4. The van der Waals surface area contributed by atoms with E-state index in [0.29, 0.717) is 0 Å². The topological polar surface area (TPSA) is 12.5 Å². The smallest absolute Gasteiger partial charge is 0.113 e. The van der Waals surface area contributed by atoms with Crippen molar-refractivity contribution in [1.29, 1.82) is 0 Å². The minimum absolute atomic E-state index is 0. The second kappa shape index (κ2) is 28.7. The van der Waals surface area contributed by atoms with Gasteiger partial charge in [0.2, 0.25) is 0 Å². The minimum atomic E-state index is 0. The molecule has 4 radical (unpaired) electrons. The molecule has 2 aliphatic carbocycles. The normalized spacial score (nSPS) is 15.9. The average molecular weight is 1070 g/mol. The summed E-state index contributed by atoms with van der Waals surface area (Å²) in [6.45, 7) is 0. The Morgan fingerprint density at radius 1 is 0.542 bits per heavy atom. The maximum Gasteiger partial charge on any atom is 0.113 e. The van der Waals surface area contributed by atoms with E-state index in [1.54, 1.807) is 0 Å². The van der Waals surface area contributed by atoms with Crippen LogP contribution in [0.3, 0.4) is 0 Å². The van der Waals surface area contributed by atoms with E-state index in [1.807, 2.05) is 169 Å². The van der Waals surface area contributed by atoms with Gasteiger partial charge in [0, 0.05) is 131 Å². The van der Waals surface area contributed by atoms with Crippen molar-refractivity contribution >= 4 is 35.2 Å². The molecule has 0 heterocycles. The molecule has 0 unspecified atom stereocenters. The monoisotopic (exact) mass is 1070 g/mol. The molecule has 4 aromatic carbocycles. The summed E-state index contributed by atoms with van der Waals surface area (Å²) in [7, 11) is 8.02. The zero-order chi connectivity index (χ0) is 38.2. The number of anilines is 2. The molecule has 0 amide bonds. The van der Waals surface area contributed by atoms with Crippen LogP contribution in [0.2, 0.25) is 0 Å². The molecule has 0 aliphatic heterocycles. The van der Waals surface area contributed by atoms with Gasteiger partial charge in [-0.1, -0.05) is 33.4 Å². The van der Waals surface area contributed by atoms with Crippen LogP contribution in [0.5, 0.6) is 0 Å². The van der Waals surface area contributed by atoms with Crippen molar-refractivity contribution in [1.82, 2.24) is 0 Å². The fourth-order valence-corrected chi connectivity index (χ4v) is 6.57. The first kappa shape index (κ1) is 53.3. The molecule has 0 N–H and O–H groups in total. The van der Waals surface area contributed by atoms with Crippen LogP contribution in [0.4, 0.5) is 22.7 Å². The Bertz CT molecular complexity index is 2060. The molecule has 0 saturated carbocycles. The third-order valence-corrected chi connectivity index (χ3v) is 9.66. The third kappa shape index (κ3) is 16.4. The summed E-state index contributed by atoms with van der Waals surface area (Å²) < 4.78 is 3.95. The van der Waals surface area contributed by atoms with Gasteiger partial charge in [0.15, 0.2) is 0 Å². The first-order chi connectivity index (χ1) is 27.0. The van der Waals surface area contributed by atoms with Crippen LogP contribution in [-0.2, 0) is 131 Å². The Balaban J connectivity index is 0.00000300. The van der Waals surface area contributed by atoms with Crippen molar-refractivity contribution in [2.24, 2.45) is 0 Å². The minimum Gasteiger partial charge on any atom is -0.479 e. The first-order valence-corrected chi connectivity index (χ1v) is 18.7. The van der Waals surface area contributed by atoms with E-state index in [1.165, 1.54) is 33.4 Å². The van der Waals surface area contributed by atoms with Crippen LogP contribution in [-0.4, -0.2) is 49.8 Å². The second-order valence-electron chi connectivity index (χ2n) is 13.3. The van der Waals surface area contributed by atoms with Gasteiger partial charge in [0.05, 0.1) is 0 Å². The maximum absolute atomic E-state index is 3.42. The van der Waals surface area contributed by atoms with Gasteiger partial charge in [-0.05, 0) is 57.6 Å². The summed E-state index contributed by atoms with van der Waals surface area (Å²) in [5.74, 6) is 0. The molecule has 288 valence electrons. The molecule has 59 heavy (non-hydrogen) atoms. The zero-order valence-electron chi connectivity index (χ0n) is 34.5. The Hall–Kier alpha value is -1.84. The largest absolute Gasteiger partial charge is 0.479 e. The van der Waals surface area contributed by atoms with Crippen LogP contribution in [0.1, 0.15) is 32.1 Å². The van der Waals surface area contributed by atoms with Crippen LogP contribution < -0.4 is 9.80 Å². The summed E-state index contributed by atoms with van der Waals surface area (Å²) in [6.07, 6.45) is 35.4. The predicted molar refractivity (Wildman–Crippen MR) is 227 cm³/mol. The van der Waals surface area contributed by atoms with Crippen LogP contribution in [0.15, 0.2) is 179 Å². The Morgan fingerprint density at radius 3 is 1.29 bits per heavy atom. The van der Waals surface area contributed by atoms with Crippen LogP contribution in [0.25, 0.3) is 0 Å². The van der Waals surface area contributed by atoms with E-state index >= 15 is 0 Å². The molecule has 0 bridgehead atoms. The second-order valence-corrected chi connectivity index (χ2v) is 13.3. The standard InChI is InChI=1S/C51H46N4.4Y/c1-52(46-25-9-5-10-26-46)37-17-21-42-33-34-43(22-18-38-53(2)47-27-11-6-12-28-47)50(42)41-51-44(23-19-39-54(3)48-29-13-7-14-30-48)35-36-45(51)24-20-40-55(4)49-31-15-8-16-32-49;;;;/h5-25,27,29,31H,33-36,41H2,1-4H3;;;;/q-6;;;;. The van der Waals surface area contributed by atoms with Crippen LogP contribution in [0, 0.1) is 36.7 Å². The predicted octanol–water partition coefficient (Wildman–Crippen LogP) is 10.5. The SMILES string of the molecule is CN([C-]=CC=C1CCC(C=C[C-]=[N+](C)c2[c-]cccc2)=C1CC1=C(C=C[C-]=[N+](C)c2[c-]cccc2)CCC1=CC=[C-]N(C)c1[c-]cccc1)c1[c-]cccc1.[Y].[Y].[Y].[Y]. The van der Waals surface area contributed by atoms with Crippen molar-refractivity contribution in [2.75, 3.05) is 38.0 Å². The molecular formula is C51H46N4Y4-6. The first-order valence-electron chi connectivity index (χ1n) is 18.7. The maximum atomic E-state index is 3.42. The van der Waals surface area contributed by atoms with Gasteiger partial charge in [-0.2, -0.15) is 133 Å². The van der Waals surface area contributed by atoms with Gasteiger partial charge in [0.25, 0.3) is 0 Å². The van der Waals surface area contributed by atoms with Crippen molar-refractivity contribution in [3.8, 4) is 0 Å². The quantitative estimate of drug-likeness (QED) is 0.0540. The van der Waals surface area contributed by atoms with E-state index in [0.717, 1.165) is 54.9 Å². The number of allylic oxidation sites excluding steroid dienone is 14. The number of nitrogens with zero attached hydrogens (tertiary/aromatic N) is 4. The molecule has 8 heteroatoms. The molecule has 0 aromatic heterocycles. The summed E-state index contributed by atoms with van der Waals surface area (Å²) in [5, 5.41) is 0. The fraction of sp³-hybridized carbons (Fsp3) is 0.176.